The van der Waals surface area contributed by atoms with E-state index in [9.17, 15) is 19.2 Å². The molecule has 0 heterocycles. The molecule has 23 heavy (non-hydrogen) atoms. The highest BCUT2D eigenvalue weighted by Gasteiger charge is 2.49. The van der Waals surface area contributed by atoms with Gasteiger partial charge >= 0.3 is 23.9 Å². The van der Waals surface area contributed by atoms with Gasteiger partial charge in [0.05, 0.1) is 41.3 Å². The predicted molar refractivity (Wildman–Crippen MR) is 81.7 cm³/mol. The van der Waals surface area contributed by atoms with E-state index in [1.165, 1.54) is 28.1 Å². The molecule has 0 aromatic rings. The van der Waals surface area contributed by atoms with Crippen molar-refractivity contribution in [3.63, 3.8) is 0 Å². The van der Waals surface area contributed by atoms with E-state index in [-0.39, 0.29) is 12.8 Å². The van der Waals surface area contributed by atoms with Crippen LogP contribution in [0.3, 0.4) is 0 Å². The predicted octanol–water partition coefficient (Wildman–Crippen LogP) is 0.709. The second-order valence-corrected chi connectivity index (χ2v) is 7.06. The quantitative estimate of drug-likeness (QED) is 0.462. The lowest BCUT2D eigenvalue weighted by Gasteiger charge is -2.34. The van der Waals surface area contributed by atoms with Crippen LogP contribution in [0.25, 0.3) is 0 Å². The third-order valence-electron chi connectivity index (χ3n) is 3.10. The summed E-state index contributed by atoms with van der Waals surface area (Å²) in [5.74, 6) is -2.77. The molecule has 0 aromatic heterocycles. The number of hydrogen-bond acceptors (Lipinski definition) is 9. The maximum absolute atomic E-state index is 12.1. The number of carbonyl (C=O) groups is 4. The lowest BCUT2D eigenvalue weighted by Crippen LogP contribution is -2.45. The molecule has 0 aliphatic rings. The summed E-state index contributed by atoms with van der Waals surface area (Å²) in [6.45, 7) is 2.86. The zero-order valence-electron chi connectivity index (χ0n) is 14.1. The summed E-state index contributed by atoms with van der Waals surface area (Å²) in [5, 5.41) is 0. The van der Waals surface area contributed by atoms with Crippen LogP contribution < -0.4 is 0 Å². The summed E-state index contributed by atoms with van der Waals surface area (Å²) in [6.07, 6.45) is -0.677. The summed E-state index contributed by atoms with van der Waals surface area (Å²) in [4.78, 5) is 47.4. The topological polar surface area (TPSA) is 105 Å². The molecule has 0 rings (SSSR count). The Balaban J connectivity index is 5.67. The summed E-state index contributed by atoms with van der Waals surface area (Å²) >= 11 is 0.796. The van der Waals surface area contributed by atoms with Gasteiger partial charge in [-0.2, -0.15) is 0 Å². The van der Waals surface area contributed by atoms with Crippen molar-refractivity contribution in [2.75, 3.05) is 28.4 Å². The summed E-state index contributed by atoms with van der Waals surface area (Å²) in [7, 11) is 4.68. The Labute approximate surface area is 139 Å². The van der Waals surface area contributed by atoms with Crippen molar-refractivity contribution < 1.29 is 38.1 Å². The maximum atomic E-state index is 12.1. The van der Waals surface area contributed by atoms with Gasteiger partial charge in [0, 0.05) is 0 Å². The fourth-order valence-corrected chi connectivity index (χ4v) is 3.63. The Kier molecular flexibility index (Phi) is 8.08. The molecule has 0 saturated carbocycles. The van der Waals surface area contributed by atoms with Crippen molar-refractivity contribution in [3.05, 3.63) is 0 Å². The maximum Gasteiger partial charge on any atom is 0.322 e. The first-order valence-corrected chi connectivity index (χ1v) is 7.40. The summed E-state index contributed by atoms with van der Waals surface area (Å²) in [5.41, 5.74) is 0. The molecule has 0 saturated heterocycles. The van der Waals surface area contributed by atoms with Crippen LogP contribution >= 0.6 is 11.8 Å². The highest BCUT2D eigenvalue weighted by Crippen LogP contribution is 2.43. The van der Waals surface area contributed by atoms with Crippen molar-refractivity contribution in [1.29, 1.82) is 0 Å². The van der Waals surface area contributed by atoms with Gasteiger partial charge in [-0.25, -0.2) is 0 Å². The molecule has 0 N–H and O–H groups in total. The molecule has 0 bridgehead atoms. The molecule has 9 heteroatoms. The minimum Gasteiger partial charge on any atom is -0.469 e. The smallest absolute Gasteiger partial charge is 0.322 e. The van der Waals surface area contributed by atoms with Gasteiger partial charge in [0.1, 0.15) is 9.49 Å². The van der Waals surface area contributed by atoms with E-state index < -0.39 is 33.4 Å². The molecule has 0 amide bonds. The van der Waals surface area contributed by atoms with Gasteiger partial charge < -0.3 is 18.9 Å². The lowest BCUT2D eigenvalue weighted by atomic mass is 10.1. The molecular formula is C14H22O8S. The standard InChI is InChI=1S/C14H22O8S/c1-13(11(17)21-5,7-9(15)19-3)23-14(2,12(18)22-6)8-10(16)20-4/h7-8H2,1-6H3. The fourth-order valence-electron chi connectivity index (χ4n) is 1.92. The van der Waals surface area contributed by atoms with Crippen molar-refractivity contribution in [3.8, 4) is 0 Å². The van der Waals surface area contributed by atoms with Gasteiger partial charge in [0.2, 0.25) is 0 Å². The second-order valence-electron chi connectivity index (χ2n) is 5.05. The molecule has 0 radical (unpaired) electrons. The van der Waals surface area contributed by atoms with Crippen molar-refractivity contribution >= 4 is 35.6 Å². The monoisotopic (exact) mass is 350 g/mol. The van der Waals surface area contributed by atoms with Gasteiger partial charge in [0.25, 0.3) is 0 Å². The van der Waals surface area contributed by atoms with Gasteiger partial charge in [-0.15, -0.1) is 11.8 Å². The number of esters is 4. The van der Waals surface area contributed by atoms with Gasteiger partial charge in [-0.05, 0) is 13.8 Å². The van der Waals surface area contributed by atoms with Crippen molar-refractivity contribution in [1.82, 2.24) is 0 Å². The molecular weight excluding hydrogens is 328 g/mol. The number of hydrogen-bond donors (Lipinski definition) is 0. The molecule has 0 aromatic carbocycles. The Hall–Kier alpha value is -1.77. The summed E-state index contributed by atoms with van der Waals surface area (Å²) in [6, 6.07) is 0. The largest absolute Gasteiger partial charge is 0.469 e. The van der Waals surface area contributed by atoms with E-state index in [4.69, 9.17) is 9.47 Å². The Bertz CT molecular complexity index is 435. The number of thioether (sulfide) groups is 1. The van der Waals surface area contributed by atoms with Gasteiger partial charge in [-0.3, -0.25) is 19.2 Å². The molecule has 2 unspecified atom stereocenters. The highest BCUT2D eigenvalue weighted by atomic mass is 32.2. The first kappa shape index (κ1) is 21.2. The number of carbonyl (C=O) groups excluding carboxylic acids is 4. The van der Waals surface area contributed by atoms with E-state index in [0.717, 1.165) is 26.0 Å². The van der Waals surface area contributed by atoms with E-state index >= 15 is 0 Å². The van der Waals surface area contributed by atoms with Crippen LogP contribution in [-0.4, -0.2) is 61.8 Å². The zero-order valence-corrected chi connectivity index (χ0v) is 14.9. The van der Waals surface area contributed by atoms with E-state index in [1.54, 1.807) is 0 Å². The van der Waals surface area contributed by atoms with Gasteiger partial charge in [-0.1, -0.05) is 0 Å². The van der Waals surface area contributed by atoms with E-state index in [0.29, 0.717) is 0 Å². The SMILES string of the molecule is COC(=O)CC(C)(SC(C)(CC(=O)OC)C(=O)OC)C(=O)OC. The number of methoxy groups -OCH3 is 4. The number of ether oxygens (including phenoxy) is 4. The van der Waals surface area contributed by atoms with Gasteiger partial charge in [0.15, 0.2) is 0 Å². The third-order valence-corrected chi connectivity index (χ3v) is 4.63. The third kappa shape index (κ3) is 5.74. The van der Waals surface area contributed by atoms with Crippen LogP contribution in [0.4, 0.5) is 0 Å². The molecule has 0 aliphatic heterocycles. The lowest BCUT2D eigenvalue weighted by molar-refractivity contribution is -0.150. The minimum absolute atomic E-state index is 0.339. The molecule has 0 fully saturated rings. The van der Waals surface area contributed by atoms with Crippen LogP contribution in [0.1, 0.15) is 26.7 Å². The average molecular weight is 350 g/mol. The van der Waals surface area contributed by atoms with Crippen molar-refractivity contribution in [2.24, 2.45) is 0 Å². The van der Waals surface area contributed by atoms with Crippen LogP contribution in [-0.2, 0) is 38.1 Å². The molecule has 0 spiro atoms. The Morgan fingerprint density at radius 1 is 0.696 bits per heavy atom. The number of rotatable bonds is 8. The van der Waals surface area contributed by atoms with E-state index in [2.05, 4.69) is 9.47 Å². The second kappa shape index (κ2) is 8.76. The first-order chi connectivity index (χ1) is 10.6. The van der Waals surface area contributed by atoms with Crippen LogP contribution in [0.15, 0.2) is 0 Å². The Morgan fingerprint density at radius 2 is 1.00 bits per heavy atom. The normalized spacial score (nSPS) is 15.6. The minimum atomic E-state index is -1.45. The molecule has 0 aliphatic carbocycles. The van der Waals surface area contributed by atoms with Crippen molar-refractivity contribution in [2.45, 2.75) is 36.2 Å². The Morgan fingerprint density at radius 3 is 1.22 bits per heavy atom. The van der Waals surface area contributed by atoms with Crippen LogP contribution in [0, 0.1) is 0 Å². The highest BCUT2D eigenvalue weighted by molar-refractivity contribution is 8.03. The summed E-state index contributed by atoms with van der Waals surface area (Å²) < 4.78 is 15.7. The fraction of sp³-hybridized carbons (Fsp3) is 0.714. The zero-order chi connectivity index (χ0) is 18.3. The van der Waals surface area contributed by atoms with Crippen LogP contribution in [0.5, 0.6) is 0 Å². The average Bonchev–Trinajstić information content (AvgIpc) is 2.52. The molecule has 132 valence electrons. The molecule has 8 nitrogen and oxygen atoms in total. The van der Waals surface area contributed by atoms with Crippen LogP contribution in [0.2, 0.25) is 0 Å². The first-order valence-electron chi connectivity index (χ1n) is 6.59. The van der Waals surface area contributed by atoms with E-state index in [1.807, 2.05) is 0 Å². The molecule has 2 atom stereocenters.